The molecule has 0 aliphatic heterocycles. The molecule has 0 unspecified atom stereocenters. The van der Waals surface area contributed by atoms with Crippen LogP contribution in [0.15, 0.2) is 11.4 Å². The van der Waals surface area contributed by atoms with E-state index in [1.165, 1.54) is 5.56 Å². The number of anilines is 1. The lowest BCUT2D eigenvalue weighted by atomic mass is 10.2. The quantitative estimate of drug-likeness (QED) is 0.595. The molecule has 0 bridgehead atoms. The van der Waals surface area contributed by atoms with E-state index in [0.717, 1.165) is 36.0 Å². The predicted octanol–water partition coefficient (Wildman–Crippen LogP) is 3.61. The zero-order valence-electron chi connectivity index (χ0n) is 11.3. The Bertz CT molecular complexity index is 339. The van der Waals surface area contributed by atoms with Crippen LogP contribution in [0.5, 0.6) is 0 Å². The fourth-order valence-electron chi connectivity index (χ4n) is 1.48. The van der Waals surface area contributed by atoms with Gasteiger partial charge in [-0.15, -0.1) is 11.8 Å². The van der Waals surface area contributed by atoms with Crippen molar-refractivity contribution < 1.29 is 0 Å². The largest absolute Gasteiger partial charge is 0.370 e. The van der Waals surface area contributed by atoms with Crippen LogP contribution in [0.3, 0.4) is 0 Å². The van der Waals surface area contributed by atoms with E-state index in [4.69, 9.17) is 0 Å². The number of thioether (sulfide) groups is 1. The predicted molar refractivity (Wildman–Crippen MR) is 75.8 cm³/mol. The maximum Gasteiger partial charge on any atom is 0.133 e. The molecule has 0 radical (unpaired) electrons. The Labute approximate surface area is 109 Å². The number of hydrogen-bond donors (Lipinski definition) is 1. The van der Waals surface area contributed by atoms with Crippen molar-refractivity contribution in [2.75, 3.05) is 17.6 Å². The highest BCUT2D eigenvalue weighted by atomic mass is 32.2. The average Bonchev–Trinajstić information content (AvgIpc) is 2.33. The SMILES string of the molecule is CCCNc1ncnc(SCC(C)C)c1CC. The van der Waals surface area contributed by atoms with Crippen molar-refractivity contribution in [3.8, 4) is 0 Å². The smallest absolute Gasteiger partial charge is 0.133 e. The number of aromatic nitrogens is 2. The maximum atomic E-state index is 4.40. The number of hydrogen-bond acceptors (Lipinski definition) is 4. The summed E-state index contributed by atoms with van der Waals surface area (Å²) in [5, 5.41) is 4.51. The second kappa shape index (κ2) is 7.54. The summed E-state index contributed by atoms with van der Waals surface area (Å²) in [5.74, 6) is 2.80. The van der Waals surface area contributed by atoms with Gasteiger partial charge in [0.25, 0.3) is 0 Å². The molecule has 1 heterocycles. The van der Waals surface area contributed by atoms with E-state index in [0.29, 0.717) is 5.92 Å². The summed E-state index contributed by atoms with van der Waals surface area (Å²) >= 11 is 1.84. The van der Waals surface area contributed by atoms with Crippen LogP contribution in [-0.2, 0) is 6.42 Å². The molecule has 0 saturated heterocycles. The Kier molecular flexibility index (Phi) is 6.34. The highest BCUT2D eigenvalue weighted by Crippen LogP contribution is 2.26. The Morgan fingerprint density at radius 3 is 2.65 bits per heavy atom. The molecule has 1 rings (SSSR count). The molecule has 1 aromatic heterocycles. The van der Waals surface area contributed by atoms with Gasteiger partial charge in [0.05, 0.1) is 0 Å². The highest BCUT2D eigenvalue weighted by molar-refractivity contribution is 7.99. The van der Waals surface area contributed by atoms with Gasteiger partial charge in [-0.2, -0.15) is 0 Å². The number of nitrogens with one attached hydrogen (secondary N) is 1. The maximum absolute atomic E-state index is 4.40. The fourth-order valence-corrected chi connectivity index (χ4v) is 2.51. The molecule has 0 saturated carbocycles. The molecular weight excluding hydrogens is 230 g/mol. The summed E-state index contributed by atoms with van der Waals surface area (Å²) in [7, 11) is 0. The third kappa shape index (κ3) is 4.54. The minimum absolute atomic E-state index is 0.687. The zero-order chi connectivity index (χ0) is 12.7. The second-order valence-corrected chi connectivity index (χ2v) is 5.50. The molecule has 0 aliphatic carbocycles. The van der Waals surface area contributed by atoms with Gasteiger partial charge in [-0.1, -0.05) is 27.7 Å². The molecule has 0 aromatic carbocycles. The summed E-state index contributed by atoms with van der Waals surface area (Å²) < 4.78 is 0. The van der Waals surface area contributed by atoms with Gasteiger partial charge < -0.3 is 5.32 Å². The first-order chi connectivity index (χ1) is 8.19. The van der Waals surface area contributed by atoms with Crippen molar-refractivity contribution >= 4 is 17.6 Å². The van der Waals surface area contributed by atoms with Crippen molar-refractivity contribution in [2.45, 2.75) is 45.6 Å². The van der Waals surface area contributed by atoms with Gasteiger partial charge in [-0.05, 0) is 18.8 Å². The first kappa shape index (κ1) is 14.3. The van der Waals surface area contributed by atoms with E-state index in [1.54, 1.807) is 6.33 Å². The molecule has 0 atom stereocenters. The van der Waals surface area contributed by atoms with Gasteiger partial charge in [0.2, 0.25) is 0 Å². The number of rotatable bonds is 7. The molecule has 0 aliphatic rings. The van der Waals surface area contributed by atoms with Crippen molar-refractivity contribution in [1.29, 1.82) is 0 Å². The molecule has 0 spiro atoms. The minimum Gasteiger partial charge on any atom is -0.370 e. The van der Waals surface area contributed by atoms with Crippen LogP contribution < -0.4 is 5.32 Å². The highest BCUT2D eigenvalue weighted by Gasteiger charge is 2.10. The second-order valence-electron chi connectivity index (χ2n) is 4.49. The van der Waals surface area contributed by atoms with Gasteiger partial charge in [0.15, 0.2) is 0 Å². The lowest BCUT2D eigenvalue weighted by Gasteiger charge is -2.13. The lowest BCUT2D eigenvalue weighted by molar-refractivity contribution is 0.748. The van der Waals surface area contributed by atoms with E-state index in [9.17, 15) is 0 Å². The third-order valence-corrected chi connectivity index (χ3v) is 3.81. The lowest BCUT2D eigenvalue weighted by Crippen LogP contribution is -2.07. The molecule has 3 nitrogen and oxygen atoms in total. The molecular formula is C13H23N3S. The van der Waals surface area contributed by atoms with Crippen LogP contribution in [0.2, 0.25) is 0 Å². The minimum atomic E-state index is 0.687. The standard InChI is InChI=1S/C13H23N3S/c1-5-7-14-12-11(6-2)13(16-9-15-12)17-8-10(3)4/h9-10H,5-8H2,1-4H3,(H,14,15,16). The Balaban J connectivity index is 2.81. The van der Waals surface area contributed by atoms with Gasteiger partial charge in [0, 0.05) is 17.9 Å². The summed E-state index contributed by atoms with van der Waals surface area (Å²) in [5.41, 5.74) is 1.26. The van der Waals surface area contributed by atoms with Crippen molar-refractivity contribution in [3.05, 3.63) is 11.9 Å². The molecule has 1 aromatic rings. The average molecular weight is 253 g/mol. The molecule has 17 heavy (non-hydrogen) atoms. The van der Waals surface area contributed by atoms with Gasteiger partial charge in [0.1, 0.15) is 17.2 Å². The van der Waals surface area contributed by atoms with Crippen LogP contribution >= 0.6 is 11.8 Å². The van der Waals surface area contributed by atoms with Crippen LogP contribution in [0, 0.1) is 5.92 Å². The first-order valence-corrected chi connectivity index (χ1v) is 7.38. The summed E-state index contributed by atoms with van der Waals surface area (Å²) in [4.78, 5) is 8.74. The van der Waals surface area contributed by atoms with Crippen molar-refractivity contribution in [1.82, 2.24) is 9.97 Å². The Morgan fingerprint density at radius 1 is 1.29 bits per heavy atom. The van der Waals surface area contributed by atoms with Crippen LogP contribution in [0.25, 0.3) is 0 Å². The van der Waals surface area contributed by atoms with Crippen LogP contribution in [-0.4, -0.2) is 22.3 Å². The first-order valence-electron chi connectivity index (χ1n) is 6.39. The van der Waals surface area contributed by atoms with E-state index < -0.39 is 0 Å². The van der Waals surface area contributed by atoms with E-state index in [1.807, 2.05) is 11.8 Å². The summed E-state index contributed by atoms with van der Waals surface area (Å²) in [6.45, 7) is 9.76. The van der Waals surface area contributed by atoms with Gasteiger partial charge >= 0.3 is 0 Å². The van der Waals surface area contributed by atoms with Crippen molar-refractivity contribution in [3.63, 3.8) is 0 Å². The van der Waals surface area contributed by atoms with Crippen LogP contribution in [0.1, 0.15) is 39.7 Å². The summed E-state index contributed by atoms with van der Waals surface area (Å²) in [6.07, 6.45) is 3.76. The van der Waals surface area contributed by atoms with Crippen molar-refractivity contribution in [2.24, 2.45) is 5.92 Å². The Hall–Kier alpha value is -0.770. The zero-order valence-corrected chi connectivity index (χ0v) is 12.1. The Morgan fingerprint density at radius 2 is 2.06 bits per heavy atom. The summed E-state index contributed by atoms with van der Waals surface area (Å²) in [6, 6.07) is 0. The number of nitrogens with zero attached hydrogens (tertiary/aromatic N) is 2. The monoisotopic (exact) mass is 253 g/mol. The van der Waals surface area contributed by atoms with E-state index >= 15 is 0 Å². The topological polar surface area (TPSA) is 37.8 Å². The van der Waals surface area contributed by atoms with Crippen LogP contribution in [0.4, 0.5) is 5.82 Å². The fraction of sp³-hybridized carbons (Fsp3) is 0.692. The van der Waals surface area contributed by atoms with Gasteiger partial charge in [-0.25, -0.2) is 9.97 Å². The molecule has 0 amide bonds. The third-order valence-electron chi connectivity index (χ3n) is 2.36. The van der Waals surface area contributed by atoms with Gasteiger partial charge in [-0.3, -0.25) is 0 Å². The van der Waals surface area contributed by atoms with E-state index in [2.05, 4.69) is 43.0 Å². The molecule has 4 heteroatoms. The van der Waals surface area contributed by atoms with E-state index in [-0.39, 0.29) is 0 Å². The normalized spacial score (nSPS) is 10.9. The molecule has 96 valence electrons. The molecule has 0 fully saturated rings. The molecule has 1 N–H and O–H groups in total.